The van der Waals surface area contributed by atoms with Crippen molar-refractivity contribution in [2.24, 2.45) is 0 Å². The molecule has 0 aliphatic heterocycles. The zero-order valence-corrected chi connectivity index (χ0v) is 10.8. The Hall–Kier alpha value is -2.70. The smallest absolute Gasteiger partial charge is 0.339 e. The van der Waals surface area contributed by atoms with E-state index in [0.717, 1.165) is 6.42 Å². The molecule has 0 saturated heterocycles. The average Bonchev–Trinajstić information content (AvgIpc) is 2.83. The monoisotopic (exact) mass is 275 g/mol. The predicted molar refractivity (Wildman–Crippen MR) is 71.6 cm³/mol. The molecule has 0 radical (unpaired) electrons. The molecular weight excluding hydrogens is 262 g/mol. The van der Waals surface area contributed by atoms with Gasteiger partial charge in [-0.1, -0.05) is 19.1 Å². The van der Waals surface area contributed by atoms with E-state index >= 15 is 0 Å². The minimum Gasteiger partial charge on any atom is -0.478 e. The van der Waals surface area contributed by atoms with E-state index in [2.05, 4.69) is 5.10 Å². The Labute approximate surface area is 114 Å². The van der Waals surface area contributed by atoms with E-state index in [1.807, 2.05) is 6.92 Å². The first kappa shape index (κ1) is 13.7. The van der Waals surface area contributed by atoms with Gasteiger partial charge in [-0.15, -0.1) is 0 Å². The maximum absolute atomic E-state index is 11.3. The van der Waals surface area contributed by atoms with Crippen molar-refractivity contribution in [3.8, 4) is 11.3 Å². The second-order valence-electron chi connectivity index (χ2n) is 4.23. The average molecular weight is 275 g/mol. The third-order valence-corrected chi connectivity index (χ3v) is 2.80. The lowest BCUT2D eigenvalue weighted by Gasteiger charge is -2.00. The summed E-state index contributed by atoms with van der Waals surface area (Å²) < 4.78 is 1.50. The quantitative estimate of drug-likeness (QED) is 0.667. The molecular formula is C13H13N3O4. The number of nitrogens with zero attached hydrogens (tertiary/aromatic N) is 3. The molecule has 104 valence electrons. The molecule has 0 bridgehead atoms. The van der Waals surface area contributed by atoms with Crippen LogP contribution in [-0.4, -0.2) is 25.8 Å². The highest BCUT2D eigenvalue weighted by atomic mass is 16.6. The van der Waals surface area contributed by atoms with Gasteiger partial charge in [-0.05, 0) is 12.5 Å². The van der Waals surface area contributed by atoms with E-state index in [4.69, 9.17) is 0 Å². The van der Waals surface area contributed by atoms with Gasteiger partial charge in [0.25, 0.3) is 5.69 Å². The van der Waals surface area contributed by atoms with Crippen molar-refractivity contribution < 1.29 is 14.8 Å². The first-order valence-corrected chi connectivity index (χ1v) is 6.09. The van der Waals surface area contributed by atoms with Crippen LogP contribution >= 0.6 is 0 Å². The minimum absolute atomic E-state index is 0.0345. The van der Waals surface area contributed by atoms with E-state index in [1.165, 1.54) is 29.1 Å². The molecule has 20 heavy (non-hydrogen) atoms. The molecule has 0 aliphatic carbocycles. The molecule has 0 aliphatic rings. The van der Waals surface area contributed by atoms with E-state index < -0.39 is 10.9 Å². The van der Waals surface area contributed by atoms with Crippen molar-refractivity contribution >= 4 is 11.7 Å². The fraction of sp³-hybridized carbons (Fsp3) is 0.231. The molecule has 2 aromatic rings. The highest BCUT2D eigenvalue weighted by molar-refractivity contribution is 5.95. The van der Waals surface area contributed by atoms with Crippen molar-refractivity contribution in [3.63, 3.8) is 0 Å². The first-order chi connectivity index (χ1) is 9.54. The number of benzene rings is 1. The zero-order valence-electron chi connectivity index (χ0n) is 10.8. The summed E-state index contributed by atoms with van der Waals surface area (Å²) in [5.41, 5.74) is 0.146. The van der Waals surface area contributed by atoms with Crippen molar-refractivity contribution in [2.45, 2.75) is 19.9 Å². The summed E-state index contributed by atoms with van der Waals surface area (Å²) in [6.45, 7) is 2.49. The SMILES string of the molecule is CCCn1cc(C(=O)O)c(-c2ccccc2[N+](=O)[O-])n1. The summed E-state index contributed by atoms with van der Waals surface area (Å²) in [6, 6.07) is 5.99. The number of carbonyl (C=O) groups is 1. The molecule has 2 rings (SSSR count). The highest BCUT2D eigenvalue weighted by Gasteiger charge is 2.23. The number of nitro benzene ring substituents is 1. The summed E-state index contributed by atoms with van der Waals surface area (Å²) in [5.74, 6) is -1.15. The van der Waals surface area contributed by atoms with Gasteiger partial charge in [0.05, 0.1) is 10.5 Å². The van der Waals surface area contributed by atoms with Crippen molar-refractivity contribution in [2.75, 3.05) is 0 Å². The summed E-state index contributed by atoms with van der Waals surface area (Å²) >= 11 is 0. The van der Waals surface area contributed by atoms with Gasteiger partial charge in [0.15, 0.2) is 0 Å². The van der Waals surface area contributed by atoms with E-state index in [-0.39, 0.29) is 22.5 Å². The fourth-order valence-corrected chi connectivity index (χ4v) is 1.95. The molecule has 0 atom stereocenters. The fourth-order valence-electron chi connectivity index (χ4n) is 1.95. The maximum Gasteiger partial charge on any atom is 0.339 e. The van der Waals surface area contributed by atoms with E-state index in [9.17, 15) is 20.0 Å². The molecule has 7 heteroatoms. The number of hydrogen-bond acceptors (Lipinski definition) is 4. The van der Waals surface area contributed by atoms with Gasteiger partial charge in [-0.25, -0.2) is 4.79 Å². The molecule has 0 saturated carbocycles. The largest absolute Gasteiger partial charge is 0.478 e. The minimum atomic E-state index is -1.15. The Morgan fingerprint density at radius 3 is 2.75 bits per heavy atom. The molecule has 0 spiro atoms. The van der Waals surface area contributed by atoms with Crippen molar-refractivity contribution in [1.82, 2.24) is 9.78 Å². The predicted octanol–water partition coefficient (Wildman–Crippen LogP) is 2.57. The van der Waals surface area contributed by atoms with Gasteiger partial charge in [0, 0.05) is 18.8 Å². The van der Waals surface area contributed by atoms with Gasteiger partial charge < -0.3 is 5.11 Å². The third kappa shape index (κ3) is 2.51. The second-order valence-corrected chi connectivity index (χ2v) is 4.23. The number of rotatable bonds is 5. The molecule has 1 N–H and O–H groups in total. The summed E-state index contributed by atoms with van der Waals surface area (Å²) in [4.78, 5) is 21.8. The first-order valence-electron chi connectivity index (χ1n) is 6.09. The number of nitro groups is 1. The van der Waals surface area contributed by atoms with Crippen LogP contribution in [0.15, 0.2) is 30.5 Å². The van der Waals surface area contributed by atoms with E-state index in [1.54, 1.807) is 6.07 Å². The van der Waals surface area contributed by atoms with Gasteiger partial charge in [0.2, 0.25) is 0 Å². The molecule has 0 fully saturated rings. The lowest BCUT2D eigenvalue weighted by atomic mass is 10.1. The maximum atomic E-state index is 11.3. The molecule has 0 unspecified atom stereocenters. The molecule has 7 nitrogen and oxygen atoms in total. The number of aryl methyl sites for hydroxylation is 1. The number of carboxylic acid groups (broad SMARTS) is 1. The molecule has 1 aromatic heterocycles. The van der Waals surface area contributed by atoms with Crippen molar-refractivity contribution in [1.29, 1.82) is 0 Å². The second kappa shape index (κ2) is 5.52. The van der Waals surface area contributed by atoms with Gasteiger partial charge in [-0.2, -0.15) is 5.10 Å². The van der Waals surface area contributed by atoms with E-state index in [0.29, 0.717) is 6.54 Å². The van der Waals surface area contributed by atoms with Crippen molar-refractivity contribution in [3.05, 3.63) is 46.1 Å². The summed E-state index contributed by atoms with van der Waals surface area (Å²) in [5, 5.41) is 24.4. The standard InChI is InChI=1S/C13H13N3O4/c1-2-7-15-8-10(13(17)18)12(14-15)9-5-3-4-6-11(9)16(19)20/h3-6,8H,2,7H2,1H3,(H,17,18). The third-order valence-electron chi connectivity index (χ3n) is 2.80. The van der Waals surface area contributed by atoms with Crippen LogP contribution in [0.1, 0.15) is 23.7 Å². The summed E-state index contributed by atoms with van der Waals surface area (Å²) in [6.07, 6.45) is 2.19. The Bertz CT molecular complexity index is 663. The molecule has 1 aromatic carbocycles. The Morgan fingerprint density at radius 1 is 1.45 bits per heavy atom. The Kier molecular flexibility index (Phi) is 3.79. The highest BCUT2D eigenvalue weighted by Crippen LogP contribution is 2.30. The van der Waals surface area contributed by atoms with Crippen LogP contribution in [-0.2, 0) is 6.54 Å². The van der Waals surface area contributed by atoms with Gasteiger partial charge in [-0.3, -0.25) is 14.8 Å². The van der Waals surface area contributed by atoms with Crippen LogP contribution in [0.5, 0.6) is 0 Å². The van der Waals surface area contributed by atoms with Crippen LogP contribution in [0.2, 0.25) is 0 Å². The Morgan fingerprint density at radius 2 is 2.15 bits per heavy atom. The van der Waals surface area contributed by atoms with Crippen LogP contribution in [0.25, 0.3) is 11.3 Å². The van der Waals surface area contributed by atoms with Crippen LogP contribution in [0.4, 0.5) is 5.69 Å². The number of carboxylic acids is 1. The Balaban J connectivity index is 2.62. The summed E-state index contributed by atoms with van der Waals surface area (Å²) in [7, 11) is 0. The lowest BCUT2D eigenvalue weighted by molar-refractivity contribution is -0.384. The normalized spacial score (nSPS) is 10.4. The topological polar surface area (TPSA) is 98.3 Å². The number of hydrogen-bond donors (Lipinski definition) is 1. The zero-order chi connectivity index (χ0) is 14.7. The van der Waals surface area contributed by atoms with Gasteiger partial charge >= 0.3 is 5.97 Å². The van der Waals surface area contributed by atoms with Crippen LogP contribution in [0, 0.1) is 10.1 Å². The van der Waals surface area contributed by atoms with Crippen LogP contribution in [0.3, 0.4) is 0 Å². The molecule has 1 heterocycles. The van der Waals surface area contributed by atoms with Crippen LogP contribution < -0.4 is 0 Å². The number of aromatic carboxylic acids is 1. The van der Waals surface area contributed by atoms with Gasteiger partial charge in [0.1, 0.15) is 11.3 Å². The number of para-hydroxylation sites is 1. The molecule has 0 amide bonds. The lowest BCUT2D eigenvalue weighted by Crippen LogP contribution is -1.99. The number of aromatic nitrogens is 2.